The number of nitrogens with zero attached hydrogens (tertiary/aromatic N) is 2. The molecular weight excluding hydrogens is 216 g/mol. The van der Waals surface area contributed by atoms with Gasteiger partial charge in [0.15, 0.2) is 0 Å². The Balaban J connectivity index is 1.96. The van der Waals surface area contributed by atoms with E-state index >= 15 is 0 Å². The van der Waals surface area contributed by atoms with Crippen LogP contribution in [-0.2, 0) is 4.79 Å². The SMILES string of the molecule is CC(C)(C)N1C[C@H](N)[C@H](C(=O)N2CC(N)C2)C1. The lowest BCUT2D eigenvalue weighted by Crippen LogP contribution is -2.60. The van der Waals surface area contributed by atoms with Crippen LogP contribution in [0.4, 0.5) is 0 Å². The summed E-state index contributed by atoms with van der Waals surface area (Å²) in [6, 6.07) is 0.119. The summed E-state index contributed by atoms with van der Waals surface area (Å²) in [6.07, 6.45) is 0. The molecular formula is C12H24N4O. The number of hydrogen-bond acceptors (Lipinski definition) is 4. The highest BCUT2D eigenvalue weighted by Gasteiger charge is 2.42. The van der Waals surface area contributed by atoms with Crippen molar-refractivity contribution in [1.82, 2.24) is 9.80 Å². The topological polar surface area (TPSA) is 75.6 Å². The van der Waals surface area contributed by atoms with Gasteiger partial charge in [0, 0.05) is 43.8 Å². The number of carbonyl (C=O) groups is 1. The summed E-state index contributed by atoms with van der Waals surface area (Å²) in [6.45, 7) is 9.44. The molecule has 2 rings (SSSR count). The van der Waals surface area contributed by atoms with E-state index in [1.807, 2.05) is 4.90 Å². The number of amides is 1. The smallest absolute Gasteiger partial charge is 0.228 e. The summed E-state index contributed by atoms with van der Waals surface area (Å²) in [5, 5.41) is 0. The maximum Gasteiger partial charge on any atom is 0.228 e. The standard InChI is InChI=1S/C12H24N4O/c1-12(2,3)16-6-9(10(14)7-16)11(17)15-4-8(13)5-15/h8-10H,4-7,13-14H2,1-3H3/t9-,10+/m1/s1. The molecule has 0 radical (unpaired) electrons. The van der Waals surface area contributed by atoms with Crippen LogP contribution in [0.25, 0.3) is 0 Å². The van der Waals surface area contributed by atoms with Crippen LogP contribution < -0.4 is 11.5 Å². The quantitative estimate of drug-likeness (QED) is 0.630. The van der Waals surface area contributed by atoms with Crippen molar-refractivity contribution in [3.8, 4) is 0 Å². The molecule has 4 N–H and O–H groups in total. The largest absolute Gasteiger partial charge is 0.339 e. The predicted octanol–water partition coefficient (Wildman–Crippen LogP) is -0.786. The first-order chi connectivity index (χ1) is 7.79. The number of nitrogens with two attached hydrogens (primary N) is 2. The molecule has 0 bridgehead atoms. The van der Waals surface area contributed by atoms with Crippen LogP contribution in [0.5, 0.6) is 0 Å². The van der Waals surface area contributed by atoms with Crippen molar-refractivity contribution in [1.29, 1.82) is 0 Å². The summed E-state index contributed by atoms with van der Waals surface area (Å²) in [7, 11) is 0. The summed E-state index contributed by atoms with van der Waals surface area (Å²) < 4.78 is 0. The third kappa shape index (κ3) is 2.46. The van der Waals surface area contributed by atoms with E-state index in [0.29, 0.717) is 13.1 Å². The third-order valence-electron chi connectivity index (χ3n) is 3.85. The van der Waals surface area contributed by atoms with Crippen molar-refractivity contribution in [3.63, 3.8) is 0 Å². The van der Waals surface area contributed by atoms with Gasteiger partial charge >= 0.3 is 0 Å². The molecule has 0 aromatic carbocycles. The van der Waals surface area contributed by atoms with Crippen molar-refractivity contribution in [2.75, 3.05) is 26.2 Å². The first kappa shape index (κ1) is 12.8. The van der Waals surface area contributed by atoms with E-state index in [-0.39, 0.29) is 29.4 Å². The first-order valence-corrected chi connectivity index (χ1v) is 6.34. The molecule has 2 aliphatic rings. The molecule has 0 aliphatic carbocycles. The van der Waals surface area contributed by atoms with Crippen LogP contribution in [0, 0.1) is 5.92 Å². The molecule has 2 fully saturated rings. The average Bonchev–Trinajstić information content (AvgIpc) is 2.54. The second-order valence-corrected chi connectivity index (χ2v) is 6.35. The molecule has 5 heteroatoms. The molecule has 17 heavy (non-hydrogen) atoms. The lowest BCUT2D eigenvalue weighted by molar-refractivity contribution is -0.139. The Bertz CT molecular complexity index is 306. The zero-order valence-electron chi connectivity index (χ0n) is 11.0. The fourth-order valence-corrected chi connectivity index (χ4v) is 2.57. The van der Waals surface area contributed by atoms with Crippen molar-refractivity contribution in [2.24, 2.45) is 17.4 Å². The fraction of sp³-hybridized carbons (Fsp3) is 0.917. The van der Waals surface area contributed by atoms with Crippen LogP contribution in [0.3, 0.4) is 0 Å². The zero-order valence-corrected chi connectivity index (χ0v) is 11.0. The predicted molar refractivity (Wildman–Crippen MR) is 67.3 cm³/mol. The van der Waals surface area contributed by atoms with Gasteiger partial charge in [-0.15, -0.1) is 0 Å². The monoisotopic (exact) mass is 240 g/mol. The average molecular weight is 240 g/mol. The molecule has 0 aromatic rings. The molecule has 0 aromatic heterocycles. The van der Waals surface area contributed by atoms with Crippen molar-refractivity contribution < 1.29 is 4.79 Å². The lowest BCUT2D eigenvalue weighted by Gasteiger charge is -2.39. The molecule has 5 nitrogen and oxygen atoms in total. The van der Waals surface area contributed by atoms with E-state index in [1.165, 1.54) is 0 Å². The van der Waals surface area contributed by atoms with Gasteiger partial charge in [0.25, 0.3) is 0 Å². The second-order valence-electron chi connectivity index (χ2n) is 6.35. The molecule has 1 amide bonds. The van der Waals surface area contributed by atoms with Crippen LogP contribution in [0.15, 0.2) is 0 Å². The minimum absolute atomic E-state index is 0.0430. The molecule has 2 heterocycles. The van der Waals surface area contributed by atoms with Crippen LogP contribution in [0.1, 0.15) is 20.8 Å². The van der Waals surface area contributed by atoms with Crippen molar-refractivity contribution in [2.45, 2.75) is 38.4 Å². The highest BCUT2D eigenvalue weighted by molar-refractivity contribution is 5.81. The van der Waals surface area contributed by atoms with E-state index in [2.05, 4.69) is 25.7 Å². The van der Waals surface area contributed by atoms with Gasteiger partial charge < -0.3 is 16.4 Å². The second kappa shape index (κ2) is 4.23. The number of hydrogen-bond donors (Lipinski definition) is 2. The van der Waals surface area contributed by atoms with Crippen molar-refractivity contribution >= 4 is 5.91 Å². The Morgan fingerprint density at radius 3 is 2.12 bits per heavy atom. The maximum atomic E-state index is 12.2. The molecule has 2 aliphatic heterocycles. The van der Waals surface area contributed by atoms with E-state index in [1.54, 1.807) is 0 Å². The van der Waals surface area contributed by atoms with Gasteiger partial charge in [-0.2, -0.15) is 0 Å². The van der Waals surface area contributed by atoms with E-state index in [4.69, 9.17) is 11.5 Å². The summed E-state index contributed by atoms with van der Waals surface area (Å²) in [5.74, 6) is 0.132. The number of rotatable bonds is 1. The van der Waals surface area contributed by atoms with Gasteiger partial charge in [-0.1, -0.05) is 0 Å². The highest BCUT2D eigenvalue weighted by atomic mass is 16.2. The molecule has 0 unspecified atom stereocenters. The Kier molecular flexibility index (Phi) is 3.18. The van der Waals surface area contributed by atoms with E-state index < -0.39 is 0 Å². The van der Waals surface area contributed by atoms with E-state index in [9.17, 15) is 4.79 Å². The maximum absolute atomic E-state index is 12.2. The van der Waals surface area contributed by atoms with Crippen molar-refractivity contribution in [3.05, 3.63) is 0 Å². The normalized spacial score (nSPS) is 31.7. The Morgan fingerprint density at radius 1 is 1.12 bits per heavy atom. The molecule has 2 saturated heterocycles. The van der Waals surface area contributed by atoms with Crippen LogP contribution >= 0.6 is 0 Å². The Labute approximate surface area is 103 Å². The van der Waals surface area contributed by atoms with Gasteiger partial charge in [-0.3, -0.25) is 9.69 Å². The summed E-state index contributed by atoms with van der Waals surface area (Å²) >= 11 is 0. The fourth-order valence-electron chi connectivity index (χ4n) is 2.57. The van der Waals surface area contributed by atoms with E-state index in [0.717, 1.165) is 13.1 Å². The first-order valence-electron chi connectivity index (χ1n) is 6.34. The highest BCUT2D eigenvalue weighted by Crippen LogP contribution is 2.26. The van der Waals surface area contributed by atoms with Crippen LogP contribution in [-0.4, -0.2) is 59.5 Å². The van der Waals surface area contributed by atoms with Gasteiger partial charge in [0.2, 0.25) is 5.91 Å². The number of carbonyl (C=O) groups excluding carboxylic acids is 1. The molecule has 0 saturated carbocycles. The zero-order chi connectivity index (χ0) is 12.8. The molecule has 0 spiro atoms. The Morgan fingerprint density at radius 2 is 1.71 bits per heavy atom. The molecule has 98 valence electrons. The molecule has 2 atom stereocenters. The van der Waals surface area contributed by atoms with Gasteiger partial charge in [0.05, 0.1) is 5.92 Å². The lowest BCUT2D eigenvalue weighted by atomic mass is 9.99. The minimum atomic E-state index is -0.0540. The number of likely N-dealkylation sites (tertiary alicyclic amines) is 2. The minimum Gasteiger partial charge on any atom is -0.339 e. The van der Waals surface area contributed by atoms with Gasteiger partial charge in [0.1, 0.15) is 0 Å². The summed E-state index contributed by atoms with van der Waals surface area (Å²) in [5.41, 5.74) is 11.9. The van der Waals surface area contributed by atoms with Crippen LogP contribution in [0.2, 0.25) is 0 Å². The van der Waals surface area contributed by atoms with Gasteiger partial charge in [-0.25, -0.2) is 0 Å². The third-order valence-corrected chi connectivity index (χ3v) is 3.85. The Hall–Kier alpha value is -0.650. The van der Waals surface area contributed by atoms with Gasteiger partial charge in [-0.05, 0) is 20.8 Å². The summed E-state index contributed by atoms with van der Waals surface area (Å²) in [4.78, 5) is 16.3.